The molecule has 0 atom stereocenters. The number of hydrogen-bond acceptors (Lipinski definition) is 4. The van der Waals surface area contributed by atoms with Gasteiger partial charge < -0.3 is 10.2 Å². The van der Waals surface area contributed by atoms with Gasteiger partial charge in [0.05, 0.1) is 15.6 Å². The van der Waals surface area contributed by atoms with Gasteiger partial charge in [0.1, 0.15) is 0 Å². The highest BCUT2D eigenvalue weighted by Crippen LogP contribution is 2.27. The van der Waals surface area contributed by atoms with Crippen LogP contribution in [0.2, 0.25) is 5.02 Å². The zero-order chi connectivity index (χ0) is 15.4. The van der Waals surface area contributed by atoms with E-state index in [2.05, 4.69) is 5.32 Å². The number of rotatable bonds is 5. The minimum Gasteiger partial charge on any atom is -0.381 e. The molecule has 0 saturated carbocycles. The Morgan fingerprint density at radius 2 is 1.86 bits per heavy atom. The van der Waals surface area contributed by atoms with Crippen molar-refractivity contribution in [3.63, 3.8) is 0 Å². The molecule has 0 bridgehead atoms. The van der Waals surface area contributed by atoms with Crippen molar-refractivity contribution in [1.29, 1.82) is 0 Å². The van der Waals surface area contributed by atoms with Crippen LogP contribution in [-0.4, -0.2) is 19.0 Å². The first-order chi connectivity index (χ1) is 9.97. The van der Waals surface area contributed by atoms with Crippen molar-refractivity contribution in [2.24, 2.45) is 0 Å². The Labute approximate surface area is 128 Å². The van der Waals surface area contributed by atoms with Gasteiger partial charge in [0.15, 0.2) is 0 Å². The molecule has 0 aliphatic carbocycles. The molecule has 5 nitrogen and oxygen atoms in total. The number of nitro groups is 1. The molecule has 0 heterocycles. The molecule has 0 fully saturated rings. The van der Waals surface area contributed by atoms with E-state index < -0.39 is 4.92 Å². The number of nitrogens with one attached hydrogen (secondary N) is 1. The lowest BCUT2D eigenvalue weighted by atomic mass is 10.2. The number of nitrogens with zero attached hydrogens (tertiary/aromatic N) is 2. The predicted molar refractivity (Wildman–Crippen MR) is 86.2 cm³/mol. The quantitative estimate of drug-likeness (QED) is 0.672. The Hall–Kier alpha value is -2.27. The molecule has 110 valence electrons. The monoisotopic (exact) mass is 305 g/mol. The van der Waals surface area contributed by atoms with Gasteiger partial charge in [-0.05, 0) is 23.8 Å². The highest BCUT2D eigenvalue weighted by Gasteiger charge is 2.05. The first-order valence-electron chi connectivity index (χ1n) is 6.41. The molecule has 0 aliphatic rings. The van der Waals surface area contributed by atoms with E-state index in [0.29, 0.717) is 11.6 Å². The maximum atomic E-state index is 10.6. The van der Waals surface area contributed by atoms with E-state index in [-0.39, 0.29) is 5.69 Å². The minimum atomic E-state index is -0.406. The van der Waals surface area contributed by atoms with Gasteiger partial charge in [-0.15, -0.1) is 0 Å². The molecule has 2 aromatic carbocycles. The summed E-state index contributed by atoms with van der Waals surface area (Å²) in [7, 11) is 3.87. The Morgan fingerprint density at radius 1 is 1.19 bits per heavy atom. The number of anilines is 2. The van der Waals surface area contributed by atoms with E-state index in [9.17, 15) is 10.1 Å². The van der Waals surface area contributed by atoms with Crippen LogP contribution in [0.4, 0.5) is 17.1 Å². The van der Waals surface area contributed by atoms with Crippen LogP contribution in [0.25, 0.3) is 0 Å². The average Bonchev–Trinajstić information content (AvgIpc) is 2.45. The molecule has 0 aliphatic heterocycles. The number of halogens is 1. The molecule has 2 aromatic rings. The molecular weight excluding hydrogens is 290 g/mol. The zero-order valence-electron chi connectivity index (χ0n) is 11.8. The van der Waals surface area contributed by atoms with Crippen molar-refractivity contribution < 1.29 is 4.92 Å². The fourth-order valence-corrected chi connectivity index (χ4v) is 2.27. The van der Waals surface area contributed by atoms with Gasteiger partial charge >= 0.3 is 0 Å². The topological polar surface area (TPSA) is 58.4 Å². The van der Waals surface area contributed by atoms with Crippen molar-refractivity contribution >= 4 is 28.7 Å². The van der Waals surface area contributed by atoms with Gasteiger partial charge in [-0.25, -0.2) is 0 Å². The molecule has 1 N–H and O–H groups in total. The molecule has 21 heavy (non-hydrogen) atoms. The van der Waals surface area contributed by atoms with Gasteiger partial charge in [-0.2, -0.15) is 0 Å². The Bertz CT molecular complexity index is 642. The van der Waals surface area contributed by atoms with Crippen LogP contribution >= 0.6 is 11.6 Å². The van der Waals surface area contributed by atoms with Gasteiger partial charge in [-0.1, -0.05) is 23.7 Å². The molecule has 0 radical (unpaired) electrons. The Balaban J connectivity index is 2.02. The van der Waals surface area contributed by atoms with Crippen LogP contribution < -0.4 is 10.2 Å². The molecule has 0 aromatic heterocycles. The summed E-state index contributed by atoms with van der Waals surface area (Å²) in [5.74, 6) is 0. The van der Waals surface area contributed by atoms with Crippen molar-refractivity contribution in [3.05, 3.63) is 63.2 Å². The summed E-state index contributed by atoms with van der Waals surface area (Å²) in [6.45, 7) is 0.579. The lowest BCUT2D eigenvalue weighted by Crippen LogP contribution is -2.09. The number of benzene rings is 2. The van der Waals surface area contributed by atoms with E-state index in [1.54, 1.807) is 12.1 Å². The van der Waals surface area contributed by atoms with Crippen LogP contribution in [0.3, 0.4) is 0 Å². The summed E-state index contributed by atoms with van der Waals surface area (Å²) in [5.41, 5.74) is 2.92. The van der Waals surface area contributed by atoms with E-state index in [0.717, 1.165) is 16.9 Å². The smallest absolute Gasteiger partial charge is 0.269 e. The highest BCUT2D eigenvalue weighted by molar-refractivity contribution is 6.33. The lowest BCUT2D eigenvalue weighted by Gasteiger charge is -2.15. The molecule has 0 spiro atoms. The number of non-ortho nitro benzene ring substituents is 1. The molecule has 0 amide bonds. The van der Waals surface area contributed by atoms with Crippen LogP contribution in [0, 0.1) is 10.1 Å². The zero-order valence-corrected chi connectivity index (χ0v) is 12.6. The summed E-state index contributed by atoms with van der Waals surface area (Å²) in [6, 6.07) is 12.2. The fraction of sp³-hybridized carbons (Fsp3) is 0.200. The molecule has 2 rings (SSSR count). The van der Waals surface area contributed by atoms with Gasteiger partial charge in [0.2, 0.25) is 0 Å². The Kier molecular flexibility index (Phi) is 4.65. The third-order valence-electron chi connectivity index (χ3n) is 3.07. The summed E-state index contributed by atoms with van der Waals surface area (Å²) in [4.78, 5) is 12.1. The number of nitro benzene ring substituents is 1. The lowest BCUT2D eigenvalue weighted by molar-refractivity contribution is -0.384. The van der Waals surface area contributed by atoms with Gasteiger partial charge in [0, 0.05) is 38.5 Å². The highest BCUT2D eigenvalue weighted by atomic mass is 35.5. The van der Waals surface area contributed by atoms with Gasteiger partial charge in [0.25, 0.3) is 5.69 Å². The molecule has 0 saturated heterocycles. The SMILES string of the molecule is CN(C)c1ccc(NCc2ccc([N+](=O)[O-])cc2)cc1Cl. The molecule has 6 heteroatoms. The normalized spacial score (nSPS) is 10.2. The largest absolute Gasteiger partial charge is 0.381 e. The summed E-state index contributed by atoms with van der Waals surface area (Å²) in [6.07, 6.45) is 0. The second kappa shape index (κ2) is 6.45. The third kappa shape index (κ3) is 3.86. The summed E-state index contributed by atoms with van der Waals surface area (Å²) < 4.78 is 0. The minimum absolute atomic E-state index is 0.0946. The third-order valence-corrected chi connectivity index (χ3v) is 3.38. The summed E-state index contributed by atoms with van der Waals surface area (Å²) >= 11 is 6.21. The second-order valence-corrected chi connectivity index (χ2v) is 5.24. The molecular formula is C15H16ClN3O2. The van der Waals surface area contributed by atoms with Crippen LogP contribution in [-0.2, 0) is 6.54 Å². The van der Waals surface area contributed by atoms with Crippen LogP contribution in [0.15, 0.2) is 42.5 Å². The summed E-state index contributed by atoms with van der Waals surface area (Å²) in [5, 5.41) is 14.5. The first-order valence-corrected chi connectivity index (χ1v) is 6.79. The fourth-order valence-electron chi connectivity index (χ4n) is 1.92. The maximum absolute atomic E-state index is 10.6. The van der Waals surface area contributed by atoms with Crippen molar-refractivity contribution in [1.82, 2.24) is 0 Å². The van der Waals surface area contributed by atoms with Gasteiger partial charge in [-0.3, -0.25) is 10.1 Å². The van der Waals surface area contributed by atoms with E-state index in [1.807, 2.05) is 37.2 Å². The first kappa shape index (κ1) is 15.1. The van der Waals surface area contributed by atoms with Crippen molar-refractivity contribution in [3.8, 4) is 0 Å². The molecule has 0 unspecified atom stereocenters. The van der Waals surface area contributed by atoms with Crippen molar-refractivity contribution in [2.45, 2.75) is 6.54 Å². The van der Waals surface area contributed by atoms with Crippen LogP contribution in [0.1, 0.15) is 5.56 Å². The predicted octanol–water partition coefficient (Wildman–Crippen LogP) is 3.93. The number of hydrogen-bond donors (Lipinski definition) is 1. The Morgan fingerprint density at radius 3 is 2.38 bits per heavy atom. The van der Waals surface area contributed by atoms with Crippen molar-refractivity contribution in [2.75, 3.05) is 24.3 Å². The van der Waals surface area contributed by atoms with E-state index >= 15 is 0 Å². The van der Waals surface area contributed by atoms with E-state index in [1.165, 1.54) is 12.1 Å². The average molecular weight is 306 g/mol. The maximum Gasteiger partial charge on any atom is 0.269 e. The van der Waals surface area contributed by atoms with E-state index in [4.69, 9.17) is 11.6 Å². The standard InChI is InChI=1S/C15H16ClN3O2/c1-18(2)15-8-5-12(9-14(15)16)17-10-11-3-6-13(7-4-11)19(20)21/h3-9,17H,10H2,1-2H3. The second-order valence-electron chi connectivity index (χ2n) is 4.84. The van der Waals surface area contributed by atoms with Crippen LogP contribution in [0.5, 0.6) is 0 Å².